The van der Waals surface area contributed by atoms with Gasteiger partial charge in [0.25, 0.3) is 0 Å². The molecule has 182 valence electrons. The molecule has 0 aromatic carbocycles. The molecule has 0 spiro atoms. The van der Waals surface area contributed by atoms with Crippen molar-refractivity contribution in [2.75, 3.05) is 39.5 Å². The Labute approximate surface area is 191 Å². The molecule has 0 radical (unpaired) electrons. The predicted octanol–water partition coefficient (Wildman–Crippen LogP) is 6.36. The van der Waals surface area contributed by atoms with Crippen LogP contribution in [0.25, 0.3) is 0 Å². The zero-order chi connectivity index (χ0) is 23.5. The van der Waals surface area contributed by atoms with Crippen molar-refractivity contribution < 1.29 is 17.7 Å². The monoisotopic (exact) mass is 479 g/mol. The Bertz CT molecular complexity index is 418. The van der Waals surface area contributed by atoms with Gasteiger partial charge < -0.3 is 22.3 Å². The SMILES string of the molecule is CCO[Si](C)(CCCN(CCC[Si](C)(OCC)OCC)[Si](C)(C)C(C)(C)C)OCC. The molecule has 0 aromatic rings. The maximum atomic E-state index is 6.07. The molecule has 0 unspecified atom stereocenters. The maximum absolute atomic E-state index is 6.07. The lowest BCUT2D eigenvalue weighted by Crippen LogP contribution is -2.56. The van der Waals surface area contributed by atoms with Crippen LogP contribution in [0.1, 0.15) is 61.3 Å². The molecule has 5 nitrogen and oxygen atoms in total. The molecule has 0 rings (SSSR count). The third-order valence-electron chi connectivity index (χ3n) is 6.54. The highest BCUT2D eigenvalue weighted by Gasteiger charge is 2.41. The second-order valence-corrected chi connectivity index (χ2v) is 21.9. The quantitative estimate of drug-likeness (QED) is 0.227. The molecule has 0 N–H and O–H groups in total. The van der Waals surface area contributed by atoms with Gasteiger partial charge in [0.05, 0.1) is 0 Å². The van der Waals surface area contributed by atoms with Crippen molar-refractivity contribution >= 4 is 25.4 Å². The zero-order valence-electron chi connectivity index (χ0n) is 22.2. The van der Waals surface area contributed by atoms with Crippen molar-refractivity contribution in [1.29, 1.82) is 0 Å². The van der Waals surface area contributed by atoms with Gasteiger partial charge >= 0.3 is 17.1 Å². The second-order valence-electron chi connectivity index (χ2n) is 10.0. The van der Waals surface area contributed by atoms with Gasteiger partial charge in [0.15, 0.2) is 0 Å². The molecule has 0 aliphatic heterocycles. The minimum absolute atomic E-state index is 0.328. The third kappa shape index (κ3) is 10.4. The lowest BCUT2D eigenvalue weighted by Gasteiger charge is -2.46. The number of rotatable bonds is 17. The molecule has 0 atom stereocenters. The summed E-state index contributed by atoms with van der Waals surface area (Å²) in [5.41, 5.74) is 0. The highest BCUT2D eigenvalue weighted by Crippen LogP contribution is 2.39. The highest BCUT2D eigenvalue weighted by atomic mass is 28.4. The molecule has 0 aliphatic rings. The predicted molar refractivity (Wildman–Crippen MR) is 137 cm³/mol. The summed E-state index contributed by atoms with van der Waals surface area (Å²) in [6, 6.07) is 2.12. The van der Waals surface area contributed by atoms with Crippen LogP contribution in [-0.4, -0.2) is 69.4 Å². The van der Waals surface area contributed by atoms with E-state index in [-0.39, 0.29) is 0 Å². The van der Waals surface area contributed by atoms with Crippen molar-refractivity contribution in [3.05, 3.63) is 0 Å². The molecule has 0 aliphatic carbocycles. The summed E-state index contributed by atoms with van der Waals surface area (Å²) in [5, 5.41) is 0.328. The molecule has 8 heteroatoms. The van der Waals surface area contributed by atoms with Crippen LogP contribution in [0.15, 0.2) is 0 Å². The van der Waals surface area contributed by atoms with Gasteiger partial charge in [-0.2, -0.15) is 0 Å². The van der Waals surface area contributed by atoms with E-state index >= 15 is 0 Å². The molecule has 0 aromatic heterocycles. The Morgan fingerprint density at radius 3 is 1.13 bits per heavy atom. The van der Waals surface area contributed by atoms with Crippen LogP contribution in [0, 0.1) is 0 Å². The van der Waals surface area contributed by atoms with Gasteiger partial charge in [-0.1, -0.05) is 33.9 Å². The summed E-state index contributed by atoms with van der Waals surface area (Å²) in [6.45, 7) is 30.2. The second kappa shape index (κ2) is 13.9. The highest BCUT2D eigenvalue weighted by molar-refractivity contribution is 6.77. The summed E-state index contributed by atoms with van der Waals surface area (Å²) in [4.78, 5) is 0. The molecular weight excluding hydrogens is 427 g/mol. The van der Waals surface area contributed by atoms with Crippen molar-refractivity contribution in [1.82, 2.24) is 4.57 Å². The summed E-state index contributed by atoms with van der Waals surface area (Å²) < 4.78 is 27.1. The smallest absolute Gasteiger partial charge is 0.334 e. The Hall–Kier alpha value is 0.451. The minimum atomic E-state index is -2.05. The fraction of sp³-hybridized carbons (Fsp3) is 1.00. The van der Waals surface area contributed by atoms with Crippen LogP contribution in [0.3, 0.4) is 0 Å². The van der Waals surface area contributed by atoms with E-state index in [1.54, 1.807) is 0 Å². The van der Waals surface area contributed by atoms with Crippen LogP contribution in [0.5, 0.6) is 0 Å². The van der Waals surface area contributed by atoms with Crippen LogP contribution in [0.4, 0.5) is 0 Å². The van der Waals surface area contributed by atoms with Gasteiger partial charge in [-0.25, -0.2) is 0 Å². The van der Waals surface area contributed by atoms with Gasteiger partial charge in [0.2, 0.25) is 0 Å². The molecular formula is C22H53NO4Si3. The standard InChI is InChI=1S/C22H53NO4Si3/c1-12-24-29(10,25-13-2)20-16-18-23(28(8,9)22(5,6)7)19-17-21-30(11,26-14-3)27-15-4/h12-21H2,1-11H3. The van der Waals surface area contributed by atoms with Crippen molar-refractivity contribution in [2.24, 2.45) is 0 Å². The minimum Gasteiger partial charge on any atom is -0.395 e. The third-order valence-corrected chi connectivity index (χ3v) is 18.4. The Morgan fingerprint density at radius 2 is 0.900 bits per heavy atom. The average molecular weight is 480 g/mol. The molecule has 0 bridgehead atoms. The molecule has 30 heavy (non-hydrogen) atoms. The fourth-order valence-electron chi connectivity index (χ4n) is 3.92. The molecule has 0 heterocycles. The van der Waals surface area contributed by atoms with E-state index in [1.807, 2.05) is 0 Å². The maximum Gasteiger partial charge on any atom is 0.334 e. The first-order chi connectivity index (χ1) is 13.8. The van der Waals surface area contributed by atoms with Gasteiger partial charge in [-0.05, 0) is 83.8 Å². The lowest BCUT2D eigenvalue weighted by molar-refractivity contribution is 0.186. The van der Waals surface area contributed by atoms with E-state index in [4.69, 9.17) is 17.7 Å². The summed E-state index contributed by atoms with van der Waals surface area (Å²) in [5.74, 6) is 0. The molecule has 0 saturated carbocycles. The molecule has 0 fully saturated rings. The van der Waals surface area contributed by atoms with Gasteiger partial charge in [0.1, 0.15) is 8.24 Å². The first kappa shape index (κ1) is 30.5. The fourth-order valence-corrected chi connectivity index (χ4v) is 11.1. The first-order valence-electron chi connectivity index (χ1n) is 12.1. The van der Waals surface area contributed by atoms with E-state index in [2.05, 4.69) is 79.2 Å². The van der Waals surface area contributed by atoms with Gasteiger partial charge in [-0.15, -0.1) is 0 Å². The van der Waals surface area contributed by atoms with Gasteiger partial charge in [0, 0.05) is 26.4 Å². The van der Waals surface area contributed by atoms with Crippen LogP contribution in [0.2, 0.25) is 43.3 Å². The van der Waals surface area contributed by atoms with Gasteiger partial charge in [-0.3, -0.25) is 0 Å². The lowest BCUT2D eigenvalue weighted by atomic mass is 10.2. The van der Waals surface area contributed by atoms with Crippen molar-refractivity contribution in [2.45, 2.75) is 105 Å². The average Bonchev–Trinajstić information content (AvgIpc) is 2.60. The zero-order valence-corrected chi connectivity index (χ0v) is 25.2. The first-order valence-corrected chi connectivity index (χ1v) is 20.1. The van der Waals surface area contributed by atoms with E-state index in [9.17, 15) is 0 Å². The Balaban J connectivity index is 5.14. The van der Waals surface area contributed by atoms with E-state index < -0.39 is 25.4 Å². The Kier molecular flexibility index (Phi) is 14.1. The number of hydrogen-bond donors (Lipinski definition) is 0. The largest absolute Gasteiger partial charge is 0.395 e. The topological polar surface area (TPSA) is 40.2 Å². The number of hydrogen-bond acceptors (Lipinski definition) is 5. The number of nitrogens with zero attached hydrogens (tertiary/aromatic N) is 1. The van der Waals surface area contributed by atoms with E-state index in [0.717, 1.165) is 64.4 Å². The van der Waals surface area contributed by atoms with E-state index in [1.165, 1.54) is 0 Å². The Morgan fingerprint density at radius 1 is 0.600 bits per heavy atom. The summed E-state index contributed by atoms with van der Waals surface area (Å²) >= 11 is 0. The van der Waals surface area contributed by atoms with E-state index in [0.29, 0.717) is 5.04 Å². The van der Waals surface area contributed by atoms with Crippen LogP contribution >= 0.6 is 0 Å². The van der Waals surface area contributed by atoms with Crippen LogP contribution in [-0.2, 0) is 17.7 Å². The van der Waals surface area contributed by atoms with Crippen molar-refractivity contribution in [3.8, 4) is 0 Å². The summed E-state index contributed by atoms with van der Waals surface area (Å²) in [7, 11) is -5.70. The van der Waals surface area contributed by atoms with Crippen LogP contribution < -0.4 is 0 Å². The molecule has 0 amide bonds. The molecule has 0 saturated heterocycles. The van der Waals surface area contributed by atoms with Crippen molar-refractivity contribution in [3.63, 3.8) is 0 Å². The normalized spacial score (nSPS) is 14.0. The summed E-state index contributed by atoms with van der Waals surface area (Å²) in [6.07, 6.45) is 2.28.